The number of benzene rings is 2. The van der Waals surface area contributed by atoms with E-state index in [-0.39, 0.29) is 17.1 Å². The lowest BCUT2D eigenvalue weighted by Gasteiger charge is -2.15. The van der Waals surface area contributed by atoms with Crippen LogP contribution in [0, 0.1) is 0 Å². The summed E-state index contributed by atoms with van der Waals surface area (Å²) in [6, 6.07) is 11.7. The van der Waals surface area contributed by atoms with Crippen LogP contribution in [0.15, 0.2) is 60.9 Å². The first-order valence-corrected chi connectivity index (χ1v) is 9.46. The molecule has 0 atom stereocenters. The highest BCUT2D eigenvalue weighted by molar-refractivity contribution is 6.01. The minimum Gasteiger partial charge on any atom is -0.497 e. The van der Waals surface area contributed by atoms with Crippen molar-refractivity contribution in [3.05, 3.63) is 66.5 Å². The van der Waals surface area contributed by atoms with Crippen LogP contribution in [0.5, 0.6) is 11.5 Å². The molecule has 0 radical (unpaired) electrons. The number of amides is 1. The average molecular weight is 455 g/mol. The zero-order valence-corrected chi connectivity index (χ0v) is 17.1. The first-order valence-electron chi connectivity index (χ1n) is 9.46. The van der Waals surface area contributed by atoms with E-state index in [0.29, 0.717) is 28.0 Å². The van der Waals surface area contributed by atoms with Crippen LogP contribution in [-0.4, -0.2) is 34.3 Å². The Morgan fingerprint density at radius 2 is 1.85 bits per heavy atom. The van der Waals surface area contributed by atoms with E-state index in [1.54, 1.807) is 42.7 Å². The summed E-state index contributed by atoms with van der Waals surface area (Å²) in [5.74, 6) is -0.346. The summed E-state index contributed by atoms with van der Waals surface area (Å²) >= 11 is 0. The van der Waals surface area contributed by atoms with Gasteiger partial charge >= 0.3 is 6.36 Å². The van der Waals surface area contributed by atoms with Crippen molar-refractivity contribution in [3.63, 3.8) is 0 Å². The van der Waals surface area contributed by atoms with E-state index in [1.807, 2.05) is 0 Å². The number of nitrogens with two attached hydrogens (primary N) is 1. The van der Waals surface area contributed by atoms with E-state index in [1.165, 1.54) is 7.11 Å². The molecule has 0 fully saturated rings. The standard InChI is InChI=1S/C22H16F3N5O3/c1-32-13-5-7-17-16(9-13)21(30-20(28-17)12-3-2-8-27-11-12)29-18-10-14(33-22(23,24)25)4-6-15(18)19(26)31/h2-11H,1H3,(H2,26,31)(H,28,29,30). The molecule has 168 valence electrons. The van der Waals surface area contributed by atoms with Crippen molar-refractivity contribution in [1.82, 2.24) is 15.0 Å². The minimum absolute atomic E-state index is 0.0239. The van der Waals surface area contributed by atoms with E-state index in [9.17, 15) is 18.0 Å². The zero-order chi connectivity index (χ0) is 23.6. The minimum atomic E-state index is -4.91. The summed E-state index contributed by atoms with van der Waals surface area (Å²) in [5, 5.41) is 3.41. The molecule has 1 amide bonds. The molecule has 11 heteroatoms. The summed E-state index contributed by atoms with van der Waals surface area (Å²) in [6.45, 7) is 0. The molecule has 8 nitrogen and oxygen atoms in total. The van der Waals surface area contributed by atoms with Crippen molar-refractivity contribution < 1.29 is 27.4 Å². The molecule has 2 aromatic heterocycles. The third kappa shape index (κ3) is 4.92. The number of methoxy groups -OCH3 is 1. The van der Waals surface area contributed by atoms with Gasteiger partial charge in [-0.3, -0.25) is 9.78 Å². The number of alkyl halides is 3. The van der Waals surface area contributed by atoms with Crippen molar-refractivity contribution in [3.8, 4) is 22.9 Å². The Labute approximate surface area is 185 Å². The van der Waals surface area contributed by atoms with Gasteiger partial charge in [-0.2, -0.15) is 0 Å². The van der Waals surface area contributed by atoms with Crippen molar-refractivity contribution >= 4 is 28.3 Å². The fraction of sp³-hybridized carbons (Fsp3) is 0.0909. The number of nitrogens with one attached hydrogen (secondary N) is 1. The van der Waals surface area contributed by atoms with Gasteiger partial charge < -0.3 is 20.5 Å². The van der Waals surface area contributed by atoms with Crippen molar-refractivity contribution in [2.45, 2.75) is 6.36 Å². The lowest BCUT2D eigenvalue weighted by atomic mass is 10.1. The number of nitrogens with zero attached hydrogens (tertiary/aromatic N) is 3. The van der Waals surface area contributed by atoms with Crippen LogP contribution in [-0.2, 0) is 0 Å². The lowest BCUT2D eigenvalue weighted by molar-refractivity contribution is -0.274. The number of hydrogen-bond acceptors (Lipinski definition) is 7. The number of pyridine rings is 1. The van der Waals surface area contributed by atoms with E-state index < -0.39 is 18.0 Å². The fourth-order valence-electron chi connectivity index (χ4n) is 3.12. The Kier molecular flexibility index (Phi) is 5.69. The van der Waals surface area contributed by atoms with Crippen LogP contribution < -0.4 is 20.5 Å². The van der Waals surface area contributed by atoms with Crippen LogP contribution in [0.1, 0.15) is 10.4 Å². The number of carbonyl (C=O) groups excluding carboxylic acids is 1. The maximum atomic E-state index is 12.7. The Morgan fingerprint density at radius 1 is 1.06 bits per heavy atom. The van der Waals surface area contributed by atoms with Crippen LogP contribution in [0.3, 0.4) is 0 Å². The number of anilines is 2. The van der Waals surface area contributed by atoms with Gasteiger partial charge in [0.15, 0.2) is 5.82 Å². The van der Waals surface area contributed by atoms with Gasteiger partial charge in [-0.05, 0) is 42.5 Å². The molecular weight excluding hydrogens is 439 g/mol. The largest absolute Gasteiger partial charge is 0.573 e. The van der Waals surface area contributed by atoms with Gasteiger partial charge in [-0.15, -0.1) is 13.2 Å². The van der Waals surface area contributed by atoms with Gasteiger partial charge in [0.05, 0.1) is 23.9 Å². The molecule has 0 spiro atoms. The molecule has 2 heterocycles. The number of halogens is 3. The van der Waals surface area contributed by atoms with Gasteiger partial charge in [-0.1, -0.05) is 0 Å². The summed E-state index contributed by atoms with van der Waals surface area (Å²) < 4.78 is 47.4. The molecule has 4 rings (SSSR count). The molecule has 0 unspecified atom stereocenters. The molecule has 2 aromatic carbocycles. The molecule has 0 saturated heterocycles. The Hall–Kier alpha value is -4.41. The zero-order valence-electron chi connectivity index (χ0n) is 17.1. The van der Waals surface area contributed by atoms with Gasteiger partial charge in [0, 0.05) is 29.4 Å². The molecular formula is C22H16F3N5O3. The monoisotopic (exact) mass is 455 g/mol. The average Bonchev–Trinajstić information content (AvgIpc) is 2.78. The van der Waals surface area contributed by atoms with Crippen molar-refractivity contribution in [2.75, 3.05) is 12.4 Å². The predicted molar refractivity (Wildman–Crippen MR) is 114 cm³/mol. The first kappa shape index (κ1) is 21.8. The van der Waals surface area contributed by atoms with E-state index in [2.05, 4.69) is 25.0 Å². The van der Waals surface area contributed by atoms with Crippen molar-refractivity contribution in [2.24, 2.45) is 5.73 Å². The van der Waals surface area contributed by atoms with Crippen molar-refractivity contribution in [1.29, 1.82) is 0 Å². The normalized spacial score (nSPS) is 11.3. The molecule has 33 heavy (non-hydrogen) atoms. The summed E-state index contributed by atoms with van der Waals surface area (Å²) in [7, 11) is 1.49. The Bertz CT molecular complexity index is 1330. The quantitative estimate of drug-likeness (QED) is 0.442. The summed E-state index contributed by atoms with van der Waals surface area (Å²) in [6.07, 6.45) is -1.74. The van der Waals surface area contributed by atoms with Gasteiger partial charge in [0.25, 0.3) is 5.91 Å². The lowest BCUT2D eigenvalue weighted by Crippen LogP contribution is -2.18. The fourth-order valence-corrected chi connectivity index (χ4v) is 3.12. The summed E-state index contributed by atoms with van der Waals surface area (Å²) in [5.41, 5.74) is 6.48. The highest BCUT2D eigenvalue weighted by atomic mass is 19.4. The first-order chi connectivity index (χ1) is 15.7. The number of carbonyl (C=O) groups is 1. The number of rotatable bonds is 6. The van der Waals surface area contributed by atoms with Crippen LogP contribution >= 0.6 is 0 Å². The highest BCUT2D eigenvalue weighted by Crippen LogP contribution is 2.33. The van der Waals surface area contributed by atoms with Gasteiger partial charge in [0.2, 0.25) is 0 Å². The van der Waals surface area contributed by atoms with Crippen LogP contribution in [0.2, 0.25) is 0 Å². The number of fused-ring (bicyclic) bond motifs is 1. The van der Waals surface area contributed by atoms with E-state index >= 15 is 0 Å². The topological polar surface area (TPSA) is 112 Å². The van der Waals surface area contributed by atoms with Gasteiger partial charge in [0.1, 0.15) is 17.3 Å². The SMILES string of the molecule is COc1ccc2nc(-c3cccnc3)nc(Nc3cc(OC(F)(F)F)ccc3C(N)=O)c2c1. The molecule has 0 bridgehead atoms. The smallest absolute Gasteiger partial charge is 0.497 e. The van der Waals surface area contributed by atoms with Gasteiger partial charge in [-0.25, -0.2) is 9.97 Å². The molecule has 0 aliphatic rings. The van der Waals surface area contributed by atoms with E-state index in [4.69, 9.17) is 10.5 Å². The Balaban J connectivity index is 1.88. The second-order valence-electron chi connectivity index (χ2n) is 6.77. The predicted octanol–water partition coefficient (Wildman–Crippen LogP) is 4.44. The molecule has 4 aromatic rings. The number of aromatic nitrogens is 3. The van der Waals surface area contributed by atoms with Crippen LogP contribution in [0.25, 0.3) is 22.3 Å². The number of hydrogen-bond donors (Lipinski definition) is 2. The number of primary amides is 1. The second-order valence-corrected chi connectivity index (χ2v) is 6.77. The molecule has 3 N–H and O–H groups in total. The second kappa shape index (κ2) is 8.61. The highest BCUT2D eigenvalue weighted by Gasteiger charge is 2.31. The molecule has 0 aliphatic carbocycles. The molecule has 0 saturated carbocycles. The number of ether oxygens (including phenoxy) is 2. The van der Waals surface area contributed by atoms with E-state index in [0.717, 1.165) is 18.2 Å². The van der Waals surface area contributed by atoms with Crippen LogP contribution in [0.4, 0.5) is 24.7 Å². The third-order valence-electron chi connectivity index (χ3n) is 4.57. The molecule has 0 aliphatic heterocycles. The summed E-state index contributed by atoms with van der Waals surface area (Å²) in [4.78, 5) is 25.0. The maximum Gasteiger partial charge on any atom is 0.573 e. The third-order valence-corrected chi connectivity index (χ3v) is 4.57. The Morgan fingerprint density at radius 3 is 2.52 bits per heavy atom. The maximum absolute atomic E-state index is 12.7.